The van der Waals surface area contributed by atoms with Crippen LogP contribution >= 0.6 is 11.3 Å². The van der Waals surface area contributed by atoms with Crippen molar-refractivity contribution in [2.75, 3.05) is 5.43 Å². The Kier molecular flexibility index (Phi) is 1.83. The van der Waals surface area contributed by atoms with E-state index in [9.17, 15) is 10.1 Å². The molecule has 0 saturated heterocycles. The van der Waals surface area contributed by atoms with Gasteiger partial charge in [-0.15, -0.1) is 0 Å². The molecule has 0 bridgehead atoms. The Morgan fingerprint density at radius 1 is 1.80 bits per heavy atom. The van der Waals surface area contributed by atoms with Crippen LogP contribution in [0.3, 0.4) is 0 Å². The Balaban J connectivity index is 3.01. The van der Waals surface area contributed by atoms with Gasteiger partial charge in [0.15, 0.2) is 0 Å². The number of rotatable bonds is 2. The third kappa shape index (κ3) is 1.07. The minimum atomic E-state index is -0.472. The smallest absolute Gasteiger partial charge is 0.317 e. The Morgan fingerprint density at radius 3 is 2.90 bits per heavy atom. The summed E-state index contributed by atoms with van der Waals surface area (Å²) in [5.41, 5.74) is 2.58. The summed E-state index contributed by atoms with van der Waals surface area (Å²) in [6, 6.07) is 1.56. The van der Waals surface area contributed by atoms with Crippen LogP contribution in [0.4, 0.5) is 10.7 Å². The lowest BCUT2D eigenvalue weighted by atomic mass is 10.5. The van der Waals surface area contributed by atoms with Crippen LogP contribution < -0.4 is 11.3 Å². The van der Waals surface area contributed by atoms with Gasteiger partial charge >= 0.3 is 5.00 Å². The summed E-state index contributed by atoms with van der Waals surface area (Å²) < 4.78 is 0. The lowest BCUT2D eigenvalue weighted by Gasteiger charge is -1.91. The molecule has 54 valence electrons. The van der Waals surface area contributed by atoms with Crippen LogP contribution in [0.25, 0.3) is 0 Å². The van der Waals surface area contributed by atoms with Gasteiger partial charge in [0.1, 0.15) is 5.69 Å². The number of hydrogen-bond acceptors (Lipinski definition) is 5. The first-order valence-electron chi connectivity index (χ1n) is 2.44. The van der Waals surface area contributed by atoms with E-state index in [-0.39, 0.29) is 5.00 Å². The zero-order valence-electron chi connectivity index (χ0n) is 4.90. The highest BCUT2D eigenvalue weighted by atomic mass is 32.1. The molecule has 0 fully saturated rings. The highest BCUT2D eigenvalue weighted by Crippen LogP contribution is 2.29. The molecule has 0 aliphatic rings. The van der Waals surface area contributed by atoms with Crippen molar-refractivity contribution < 1.29 is 4.92 Å². The molecule has 0 saturated carbocycles. The van der Waals surface area contributed by atoms with Gasteiger partial charge in [-0.1, -0.05) is 11.3 Å². The summed E-state index contributed by atoms with van der Waals surface area (Å²) >= 11 is 1.04. The van der Waals surface area contributed by atoms with Gasteiger partial charge in [0.25, 0.3) is 0 Å². The first-order chi connectivity index (χ1) is 4.75. The van der Waals surface area contributed by atoms with Crippen LogP contribution in [0.2, 0.25) is 0 Å². The molecule has 0 spiro atoms. The van der Waals surface area contributed by atoms with Crippen molar-refractivity contribution in [2.24, 2.45) is 5.84 Å². The largest absolute Gasteiger partial charge is 0.348 e. The molecule has 0 unspecified atom stereocenters. The molecule has 1 heterocycles. The Hall–Kier alpha value is -1.14. The topological polar surface area (TPSA) is 81.2 Å². The maximum Gasteiger partial charge on any atom is 0.348 e. The van der Waals surface area contributed by atoms with E-state index in [0.29, 0.717) is 5.69 Å². The molecule has 1 aromatic heterocycles. The zero-order valence-corrected chi connectivity index (χ0v) is 5.72. The molecule has 0 aliphatic heterocycles. The fourth-order valence-electron chi connectivity index (χ4n) is 0.553. The Bertz CT molecular complexity index is 246. The normalized spacial score (nSPS) is 9.30. The quantitative estimate of drug-likeness (QED) is 0.382. The van der Waals surface area contributed by atoms with E-state index in [0.717, 1.165) is 11.3 Å². The molecule has 0 aromatic carbocycles. The van der Waals surface area contributed by atoms with E-state index < -0.39 is 4.92 Å². The number of nitrogen functional groups attached to an aromatic ring is 1. The van der Waals surface area contributed by atoms with Gasteiger partial charge in [-0.25, -0.2) is 0 Å². The lowest BCUT2D eigenvalue weighted by Crippen LogP contribution is -2.06. The third-order valence-corrected chi connectivity index (χ3v) is 1.83. The molecule has 0 aliphatic carbocycles. The number of nitro groups is 1. The van der Waals surface area contributed by atoms with E-state index >= 15 is 0 Å². The van der Waals surface area contributed by atoms with E-state index in [2.05, 4.69) is 5.43 Å². The number of anilines is 1. The number of nitrogens with two attached hydrogens (primary N) is 1. The van der Waals surface area contributed by atoms with E-state index in [4.69, 9.17) is 5.84 Å². The molecule has 6 heteroatoms. The fourth-order valence-corrected chi connectivity index (χ4v) is 1.23. The van der Waals surface area contributed by atoms with Gasteiger partial charge in [-0.05, 0) is 11.4 Å². The van der Waals surface area contributed by atoms with Crippen molar-refractivity contribution in [1.29, 1.82) is 0 Å². The van der Waals surface area contributed by atoms with Crippen LogP contribution in [0, 0.1) is 10.1 Å². The zero-order chi connectivity index (χ0) is 7.56. The van der Waals surface area contributed by atoms with E-state index in [1.54, 1.807) is 11.4 Å². The van der Waals surface area contributed by atoms with Crippen molar-refractivity contribution in [1.82, 2.24) is 0 Å². The lowest BCUT2D eigenvalue weighted by molar-refractivity contribution is -0.379. The van der Waals surface area contributed by atoms with Gasteiger partial charge in [0.05, 0.1) is 4.92 Å². The average Bonchev–Trinajstić information content (AvgIpc) is 2.33. The minimum absolute atomic E-state index is 0.0440. The molecular formula is C4H5N3O2S. The summed E-state index contributed by atoms with van der Waals surface area (Å²) in [7, 11) is 0. The van der Waals surface area contributed by atoms with Gasteiger partial charge in [0.2, 0.25) is 0 Å². The van der Waals surface area contributed by atoms with E-state index in [1.807, 2.05) is 0 Å². The van der Waals surface area contributed by atoms with E-state index in [1.165, 1.54) is 0 Å². The second-order valence-electron chi connectivity index (χ2n) is 1.54. The molecule has 3 N–H and O–H groups in total. The molecule has 5 nitrogen and oxygen atoms in total. The van der Waals surface area contributed by atoms with Crippen molar-refractivity contribution in [3.8, 4) is 0 Å². The highest BCUT2D eigenvalue weighted by molar-refractivity contribution is 7.14. The Morgan fingerprint density at radius 2 is 2.50 bits per heavy atom. The van der Waals surface area contributed by atoms with Crippen molar-refractivity contribution in [3.05, 3.63) is 21.6 Å². The molecule has 0 radical (unpaired) electrons. The van der Waals surface area contributed by atoms with Crippen LogP contribution in [-0.4, -0.2) is 4.92 Å². The predicted octanol–water partition coefficient (Wildman–Crippen LogP) is 0.942. The van der Waals surface area contributed by atoms with Crippen LogP contribution in [0.1, 0.15) is 0 Å². The van der Waals surface area contributed by atoms with Gasteiger partial charge in [0, 0.05) is 0 Å². The number of hydrogen-bond donors (Lipinski definition) is 2. The third-order valence-electron chi connectivity index (χ3n) is 0.966. The van der Waals surface area contributed by atoms with Crippen LogP contribution in [0.5, 0.6) is 0 Å². The standard InChI is InChI=1S/C4H5N3O2S/c5-6-3-1-2-10-4(3)7(8)9/h1-2,6H,5H2. The maximum atomic E-state index is 10.2. The highest BCUT2D eigenvalue weighted by Gasteiger charge is 2.12. The monoisotopic (exact) mass is 159 g/mol. The van der Waals surface area contributed by atoms with Gasteiger partial charge in [-0.3, -0.25) is 16.0 Å². The summed E-state index contributed by atoms with van der Waals surface area (Å²) in [6.45, 7) is 0. The summed E-state index contributed by atoms with van der Waals surface area (Å²) in [5.74, 6) is 4.99. The SMILES string of the molecule is NNc1ccsc1[N+](=O)[O-]. The van der Waals surface area contributed by atoms with Crippen molar-refractivity contribution in [2.45, 2.75) is 0 Å². The fraction of sp³-hybridized carbons (Fsp3) is 0. The van der Waals surface area contributed by atoms with Crippen LogP contribution in [-0.2, 0) is 0 Å². The number of nitrogens with one attached hydrogen (secondary N) is 1. The molecule has 1 aromatic rings. The summed E-state index contributed by atoms with van der Waals surface area (Å²) in [6.07, 6.45) is 0. The van der Waals surface area contributed by atoms with Crippen molar-refractivity contribution in [3.63, 3.8) is 0 Å². The second kappa shape index (κ2) is 2.63. The average molecular weight is 159 g/mol. The predicted molar refractivity (Wildman–Crippen MR) is 38.8 cm³/mol. The van der Waals surface area contributed by atoms with Gasteiger partial charge in [-0.2, -0.15) is 0 Å². The van der Waals surface area contributed by atoms with Gasteiger partial charge < -0.3 is 5.43 Å². The molecule has 0 atom stereocenters. The maximum absolute atomic E-state index is 10.2. The second-order valence-corrected chi connectivity index (χ2v) is 2.44. The summed E-state index contributed by atoms with van der Waals surface area (Å²) in [5, 5.41) is 11.8. The molecule has 0 amide bonds. The van der Waals surface area contributed by atoms with Crippen LogP contribution in [0.15, 0.2) is 11.4 Å². The number of nitrogens with zero attached hydrogens (tertiary/aromatic N) is 1. The first-order valence-corrected chi connectivity index (χ1v) is 3.32. The number of thiophene rings is 1. The Labute approximate surface area is 60.6 Å². The first kappa shape index (κ1) is 6.97. The summed E-state index contributed by atoms with van der Waals surface area (Å²) in [4.78, 5) is 9.69. The molecule has 1 rings (SSSR count). The molecule has 10 heavy (non-hydrogen) atoms. The minimum Gasteiger partial charge on any atom is -0.317 e. The molecular weight excluding hydrogens is 154 g/mol. The number of hydrazine groups is 1. The van der Waals surface area contributed by atoms with Crippen molar-refractivity contribution >= 4 is 22.0 Å².